The first-order valence-electron chi connectivity index (χ1n) is 22.1. The summed E-state index contributed by atoms with van der Waals surface area (Å²) in [6, 6.07) is 63.7. The van der Waals surface area contributed by atoms with Crippen LogP contribution >= 0.6 is 0 Å². The molecule has 290 valence electrons. The SMILES string of the molecule is C1=CC2=C(CC1)Cc1ccc(-c3ccc4c(c3)c3ccccc3n4C3=CC=C4c5ccc(-c6ccc(-n7c8ccccc8c8ccccc87)cc6)cc5-c5cccc(c54)C3)cc12. The number of fused-ring (bicyclic) bond motifs is 11. The van der Waals surface area contributed by atoms with Gasteiger partial charge in [-0.3, -0.25) is 0 Å². The average Bonchev–Trinajstić information content (AvgIpc) is 4.03. The van der Waals surface area contributed by atoms with E-state index in [4.69, 9.17) is 0 Å². The first kappa shape index (κ1) is 34.1. The first-order chi connectivity index (χ1) is 30.7. The maximum Gasteiger partial charge on any atom is 0.0541 e. The lowest BCUT2D eigenvalue weighted by Crippen LogP contribution is -2.01. The number of para-hydroxylation sites is 3. The van der Waals surface area contributed by atoms with Crippen molar-refractivity contribution in [1.82, 2.24) is 9.13 Å². The van der Waals surface area contributed by atoms with Gasteiger partial charge in [-0.25, -0.2) is 0 Å². The fourth-order valence-electron chi connectivity index (χ4n) is 11.4. The predicted molar refractivity (Wildman–Crippen MR) is 261 cm³/mol. The van der Waals surface area contributed by atoms with E-state index in [1.807, 2.05) is 0 Å². The third-order valence-corrected chi connectivity index (χ3v) is 14.2. The van der Waals surface area contributed by atoms with Gasteiger partial charge in [-0.1, -0.05) is 139 Å². The normalized spacial score (nSPS) is 14.9. The van der Waals surface area contributed by atoms with Gasteiger partial charge in [-0.2, -0.15) is 0 Å². The van der Waals surface area contributed by atoms with Gasteiger partial charge in [0.2, 0.25) is 0 Å². The molecule has 0 saturated carbocycles. The van der Waals surface area contributed by atoms with E-state index in [0.717, 1.165) is 19.3 Å². The van der Waals surface area contributed by atoms with Crippen LogP contribution in [-0.2, 0) is 12.8 Å². The molecule has 2 aromatic heterocycles. The fourth-order valence-corrected chi connectivity index (χ4v) is 11.4. The molecule has 0 saturated heterocycles. The molecule has 0 unspecified atom stereocenters. The Morgan fingerprint density at radius 2 is 1.05 bits per heavy atom. The summed E-state index contributed by atoms with van der Waals surface area (Å²) in [5.41, 5.74) is 26.4. The lowest BCUT2D eigenvalue weighted by atomic mass is 9.95. The molecule has 8 aromatic carbocycles. The molecule has 2 heteroatoms. The summed E-state index contributed by atoms with van der Waals surface area (Å²) in [7, 11) is 0. The van der Waals surface area contributed by atoms with E-state index in [2.05, 4.69) is 203 Å². The Hall–Kier alpha value is -7.68. The summed E-state index contributed by atoms with van der Waals surface area (Å²) in [5.74, 6) is 0. The van der Waals surface area contributed by atoms with Crippen LogP contribution in [-0.4, -0.2) is 9.13 Å². The number of allylic oxidation sites excluding steroid dienone is 7. The lowest BCUT2D eigenvalue weighted by molar-refractivity contribution is 0.935. The molecule has 0 spiro atoms. The van der Waals surface area contributed by atoms with E-state index in [1.54, 1.807) is 5.57 Å². The van der Waals surface area contributed by atoms with E-state index < -0.39 is 0 Å². The molecule has 0 bridgehead atoms. The second-order valence-corrected chi connectivity index (χ2v) is 17.5. The van der Waals surface area contributed by atoms with Crippen LogP contribution < -0.4 is 0 Å². The number of hydrogen-bond acceptors (Lipinski definition) is 0. The van der Waals surface area contributed by atoms with Crippen molar-refractivity contribution in [2.75, 3.05) is 0 Å². The predicted octanol–water partition coefficient (Wildman–Crippen LogP) is 15.4. The molecule has 0 radical (unpaired) electrons. The Morgan fingerprint density at radius 3 is 1.85 bits per heavy atom. The van der Waals surface area contributed by atoms with Crippen LogP contribution in [0.5, 0.6) is 0 Å². The minimum atomic E-state index is 0.847. The zero-order valence-electron chi connectivity index (χ0n) is 34.2. The number of nitrogens with zero attached hydrogens (tertiary/aromatic N) is 2. The van der Waals surface area contributed by atoms with Crippen LogP contribution in [0.1, 0.15) is 40.7 Å². The molecule has 14 rings (SSSR count). The molecule has 2 nitrogen and oxygen atoms in total. The highest BCUT2D eigenvalue weighted by atomic mass is 15.0. The Balaban J connectivity index is 0.837. The molecule has 4 aliphatic carbocycles. The minimum absolute atomic E-state index is 0.847. The molecule has 0 atom stereocenters. The van der Waals surface area contributed by atoms with Gasteiger partial charge in [-0.15, -0.1) is 0 Å². The van der Waals surface area contributed by atoms with Crippen molar-refractivity contribution in [3.05, 3.63) is 228 Å². The Bertz CT molecular complexity index is 3670. The lowest BCUT2D eigenvalue weighted by Gasteiger charge is -2.14. The van der Waals surface area contributed by atoms with Gasteiger partial charge in [0.25, 0.3) is 0 Å². The highest BCUT2D eigenvalue weighted by Crippen LogP contribution is 2.50. The molecule has 0 N–H and O–H groups in total. The smallest absolute Gasteiger partial charge is 0.0541 e. The molecular weight excluding hydrogens is 749 g/mol. The van der Waals surface area contributed by atoms with Gasteiger partial charge in [-0.05, 0) is 152 Å². The van der Waals surface area contributed by atoms with Crippen LogP contribution in [0.25, 0.3) is 99.5 Å². The highest BCUT2D eigenvalue weighted by Gasteiger charge is 2.29. The zero-order chi connectivity index (χ0) is 40.5. The van der Waals surface area contributed by atoms with Crippen LogP contribution in [0.3, 0.4) is 0 Å². The third-order valence-electron chi connectivity index (χ3n) is 14.2. The van der Waals surface area contributed by atoms with Crippen LogP contribution in [0.4, 0.5) is 0 Å². The van der Waals surface area contributed by atoms with Gasteiger partial charge < -0.3 is 9.13 Å². The molecular formula is C60H40N2. The Labute approximate surface area is 360 Å². The molecule has 0 amide bonds. The largest absolute Gasteiger partial charge is 0.313 e. The maximum absolute atomic E-state index is 2.52. The highest BCUT2D eigenvalue weighted by molar-refractivity contribution is 6.12. The fraction of sp³-hybridized carbons (Fsp3) is 0.0667. The molecule has 62 heavy (non-hydrogen) atoms. The molecule has 0 fully saturated rings. The van der Waals surface area contributed by atoms with E-state index in [0.29, 0.717) is 0 Å². The van der Waals surface area contributed by atoms with Crippen molar-refractivity contribution in [1.29, 1.82) is 0 Å². The molecule has 2 heterocycles. The summed E-state index contributed by atoms with van der Waals surface area (Å²) in [6.45, 7) is 0. The number of rotatable bonds is 4. The number of benzene rings is 8. The number of hydrogen-bond donors (Lipinski definition) is 0. The monoisotopic (exact) mass is 788 g/mol. The summed E-state index contributed by atoms with van der Waals surface area (Å²) >= 11 is 0. The van der Waals surface area contributed by atoms with Gasteiger partial charge in [0, 0.05) is 39.4 Å². The van der Waals surface area contributed by atoms with Crippen molar-refractivity contribution >= 4 is 60.5 Å². The zero-order valence-corrected chi connectivity index (χ0v) is 34.2. The minimum Gasteiger partial charge on any atom is -0.313 e. The summed E-state index contributed by atoms with van der Waals surface area (Å²) < 4.78 is 4.91. The molecule has 4 aliphatic rings. The van der Waals surface area contributed by atoms with Crippen LogP contribution in [0, 0.1) is 0 Å². The quantitative estimate of drug-likeness (QED) is 0.168. The third kappa shape index (κ3) is 4.86. The van der Waals surface area contributed by atoms with Crippen molar-refractivity contribution in [3.63, 3.8) is 0 Å². The first-order valence-corrected chi connectivity index (χ1v) is 22.1. The Morgan fingerprint density at radius 1 is 0.403 bits per heavy atom. The van der Waals surface area contributed by atoms with E-state index in [-0.39, 0.29) is 0 Å². The molecule has 10 aromatic rings. The van der Waals surface area contributed by atoms with Crippen molar-refractivity contribution in [2.45, 2.75) is 25.7 Å². The number of aromatic nitrogens is 2. The van der Waals surface area contributed by atoms with Crippen molar-refractivity contribution < 1.29 is 0 Å². The van der Waals surface area contributed by atoms with Crippen molar-refractivity contribution in [3.8, 4) is 39.1 Å². The Kier molecular flexibility index (Phi) is 7.10. The van der Waals surface area contributed by atoms with Crippen LogP contribution in [0.15, 0.2) is 200 Å². The summed E-state index contributed by atoms with van der Waals surface area (Å²) in [5, 5.41) is 5.16. The second kappa shape index (κ2) is 12.9. The summed E-state index contributed by atoms with van der Waals surface area (Å²) in [4.78, 5) is 0. The maximum atomic E-state index is 2.52. The summed E-state index contributed by atoms with van der Waals surface area (Å²) in [6.07, 6.45) is 13.8. The topological polar surface area (TPSA) is 9.86 Å². The standard InChI is InChI=1S/C60H40N2/c1-2-12-46-41(10-1)32-42-21-20-39(34-53(42)46)40-25-31-59-55(36-40)50-15-5-8-19-58(50)62(59)45-28-30-52-47-29-24-38(35-54(47)51-16-9-11-43(33-45)60(51)52)37-22-26-44(27-23-37)61-56-17-6-3-13-48(56)49-14-4-7-18-57(49)61/h2-9,11-31,34-36H,1,10,32-33H2. The van der Waals surface area contributed by atoms with E-state index in [9.17, 15) is 0 Å². The van der Waals surface area contributed by atoms with E-state index >= 15 is 0 Å². The second-order valence-electron chi connectivity index (χ2n) is 17.5. The van der Waals surface area contributed by atoms with Gasteiger partial charge >= 0.3 is 0 Å². The van der Waals surface area contributed by atoms with Gasteiger partial charge in [0.15, 0.2) is 0 Å². The van der Waals surface area contributed by atoms with Gasteiger partial charge in [0.05, 0.1) is 22.1 Å². The van der Waals surface area contributed by atoms with E-state index in [1.165, 1.54) is 134 Å². The van der Waals surface area contributed by atoms with Gasteiger partial charge in [0.1, 0.15) is 0 Å². The average molecular weight is 789 g/mol. The van der Waals surface area contributed by atoms with Crippen molar-refractivity contribution in [2.24, 2.45) is 0 Å². The van der Waals surface area contributed by atoms with Crippen LogP contribution in [0.2, 0.25) is 0 Å². The molecule has 0 aliphatic heterocycles.